The summed E-state index contributed by atoms with van der Waals surface area (Å²) in [7, 11) is 0. The molecule has 0 saturated carbocycles. The third-order valence-corrected chi connectivity index (χ3v) is 4.64. The molecular formula is C17H16FN3O2S. The van der Waals surface area contributed by atoms with Crippen LogP contribution in [-0.2, 0) is 9.59 Å². The first-order valence-corrected chi connectivity index (χ1v) is 8.13. The van der Waals surface area contributed by atoms with Crippen LogP contribution < -0.4 is 11.1 Å². The largest absolute Gasteiger partial charge is 0.369 e. The number of nitrogens with zero attached hydrogens (tertiary/aromatic N) is 1. The van der Waals surface area contributed by atoms with Crippen molar-refractivity contribution in [1.29, 1.82) is 5.26 Å². The van der Waals surface area contributed by atoms with Crippen LogP contribution in [0.3, 0.4) is 0 Å². The summed E-state index contributed by atoms with van der Waals surface area (Å²) >= 11 is 1.06. The van der Waals surface area contributed by atoms with Crippen molar-refractivity contribution in [3.63, 3.8) is 0 Å². The number of amides is 1. The normalized spacial score (nSPS) is 17.3. The highest BCUT2D eigenvalue weighted by Gasteiger charge is 2.34. The molecule has 1 atom stereocenters. The molecule has 7 heteroatoms. The number of carbonyl (C=O) groups is 2. The molecule has 1 amide bonds. The zero-order valence-electron chi connectivity index (χ0n) is 13.2. The van der Waals surface area contributed by atoms with Gasteiger partial charge in [-0.1, -0.05) is 30.0 Å². The van der Waals surface area contributed by atoms with Gasteiger partial charge < -0.3 is 11.1 Å². The molecule has 1 heterocycles. The molecule has 5 nitrogen and oxygen atoms in total. The number of dihydropyridines is 1. The van der Waals surface area contributed by atoms with E-state index in [0.717, 1.165) is 11.8 Å². The number of thioether (sulfide) groups is 1. The lowest BCUT2D eigenvalue weighted by Gasteiger charge is -2.29. The maximum absolute atomic E-state index is 14.3. The predicted molar refractivity (Wildman–Crippen MR) is 89.9 cm³/mol. The Bertz CT molecular complexity index is 808. The maximum Gasteiger partial charge on any atom is 0.227 e. The minimum atomic E-state index is -0.815. The number of nitrogens with two attached hydrogens (primary N) is 1. The van der Waals surface area contributed by atoms with Crippen LogP contribution in [0.5, 0.6) is 0 Å². The third kappa shape index (κ3) is 3.49. The van der Waals surface area contributed by atoms with Gasteiger partial charge in [-0.25, -0.2) is 4.39 Å². The minimum absolute atomic E-state index is 0.0276. The fourth-order valence-electron chi connectivity index (χ4n) is 2.66. The Kier molecular flexibility index (Phi) is 5.42. The Balaban J connectivity index is 2.63. The van der Waals surface area contributed by atoms with E-state index in [1.54, 1.807) is 25.1 Å². The van der Waals surface area contributed by atoms with Gasteiger partial charge >= 0.3 is 0 Å². The predicted octanol–water partition coefficient (Wildman–Crippen LogP) is 2.33. The monoisotopic (exact) mass is 345 g/mol. The number of nitriles is 1. The van der Waals surface area contributed by atoms with Gasteiger partial charge in [-0.05, 0) is 19.9 Å². The number of carbonyl (C=O) groups excluding carboxylic acids is 2. The van der Waals surface area contributed by atoms with E-state index in [4.69, 9.17) is 5.73 Å². The van der Waals surface area contributed by atoms with Crippen molar-refractivity contribution in [1.82, 2.24) is 5.32 Å². The minimum Gasteiger partial charge on any atom is -0.369 e. The molecule has 0 saturated heterocycles. The van der Waals surface area contributed by atoms with Crippen LogP contribution in [0.2, 0.25) is 0 Å². The van der Waals surface area contributed by atoms with Crippen LogP contribution in [0.4, 0.5) is 4.39 Å². The molecular weight excluding hydrogens is 329 g/mol. The summed E-state index contributed by atoms with van der Waals surface area (Å²) in [5.74, 6) is -2.12. The zero-order valence-corrected chi connectivity index (χ0v) is 14.0. The molecule has 1 aliphatic heterocycles. The van der Waals surface area contributed by atoms with E-state index in [1.807, 2.05) is 0 Å². The lowest BCUT2D eigenvalue weighted by atomic mass is 9.81. The van der Waals surface area contributed by atoms with Gasteiger partial charge in [-0.15, -0.1) is 0 Å². The second-order valence-electron chi connectivity index (χ2n) is 5.28. The average Bonchev–Trinajstić information content (AvgIpc) is 2.52. The van der Waals surface area contributed by atoms with Crippen molar-refractivity contribution in [3.8, 4) is 6.07 Å². The number of benzene rings is 1. The lowest BCUT2D eigenvalue weighted by molar-refractivity contribution is -0.115. The van der Waals surface area contributed by atoms with Crippen LogP contribution >= 0.6 is 11.8 Å². The number of primary amides is 1. The number of ketones is 1. The molecule has 3 N–H and O–H groups in total. The first kappa shape index (κ1) is 17.8. The molecule has 1 unspecified atom stereocenters. The molecule has 2 rings (SSSR count). The van der Waals surface area contributed by atoms with Crippen molar-refractivity contribution < 1.29 is 14.0 Å². The zero-order chi connectivity index (χ0) is 17.9. The number of halogens is 1. The lowest BCUT2D eigenvalue weighted by Crippen LogP contribution is -2.28. The summed E-state index contributed by atoms with van der Waals surface area (Å²) < 4.78 is 14.3. The number of hydrogen-bond donors (Lipinski definition) is 2. The number of allylic oxidation sites excluding steroid dienone is 3. The SMILES string of the molecule is CC(=O)C1=C(C)NC(SCC(N)=O)=C(C#N)C1c1ccccc1F. The van der Waals surface area contributed by atoms with Crippen molar-refractivity contribution in [2.75, 3.05) is 5.75 Å². The molecule has 0 aromatic heterocycles. The molecule has 0 spiro atoms. The summed E-state index contributed by atoms with van der Waals surface area (Å²) in [5.41, 5.74) is 6.46. The molecule has 124 valence electrons. The summed E-state index contributed by atoms with van der Waals surface area (Å²) in [6.45, 7) is 3.06. The molecule has 1 aliphatic rings. The van der Waals surface area contributed by atoms with Crippen LogP contribution in [0.25, 0.3) is 0 Å². The molecule has 0 fully saturated rings. The highest BCUT2D eigenvalue weighted by atomic mass is 32.2. The summed E-state index contributed by atoms with van der Waals surface area (Å²) in [6.07, 6.45) is 0. The van der Waals surface area contributed by atoms with Gasteiger partial charge in [-0.3, -0.25) is 9.59 Å². The van der Waals surface area contributed by atoms with E-state index < -0.39 is 17.6 Å². The van der Waals surface area contributed by atoms with E-state index in [2.05, 4.69) is 11.4 Å². The Morgan fingerprint density at radius 1 is 1.42 bits per heavy atom. The Hall–Kier alpha value is -2.59. The van der Waals surface area contributed by atoms with Gasteiger partial charge in [0, 0.05) is 16.8 Å². The number of nitrogens with one attached hydrogen (secondary N) is 1. The van der Waals surface area contributed by atoms with Gasteiger partial charge in [0.15, 0.2) is 5.78 Å². The second-order valence-corrected chi connectivity index (χ2v) is 6.27. The van der Waals surface area contributed by atoms with Gasteiger partial charge in [0.05, 0.1) is 28.3 Å². The average molecular weight is 345 g/mol. The topological polar surface area (TPSA) is 96.0 Å². The molecule has 0 bridgehead atoms. The first-order valence-electron chi connectivity index (χ1n) is 7.15. The van der Waals surface area contributed by atoms with Gasteiger partial charge in [-0.2, -0.15) is 5.26 Å². The van der Waals surface area contributed by atoms with Crippen molar-refractivity contribution in [2.24, 2.45) is 5.73 Å². The van der Waals surface area contributed by atoms with Crippen LogP contribution in [0, 0.1) is 17.1 Å². The van der Waals surface area contributed by atoms with Gasteiger partial charge in [0.2, 0.25) is 5.91 Å². The first-order chi connectivity index (χ1) is 11.4. The molecule has 1 aromatic carbocycles. The highest BCUT2D eigenvalue weighted by molar-refractivity contribution is 8.03. The fraction of sp³-hybridized carbons (Fsp3) is 0.235. The van der Waals surface area contributed by atoms with E-state index in [0.29, 0.717) is 16.3 Å². The third-order valence-electron chi connectivity index (χ3n) is 3.60. The van der Waals surface area contributed by atoms with Crippen LogP contribution in [0.15, 0.2) is 46.1 Å². The molecule has 1 aromatic rings. The quantitative estimate of drug-likeness (QED) is 0.854. The Morgan fingerprint density at radius 3 is 2.62 bits per heavy atom. The van der Waals surface area contributed by atoms with Gasteiger partial charge in [0.1, 0.15) is 5.82 Å². The smallest absolute Gasteiger partial charge is 0.227 e. The fourth-order valence-corrected chi connectivity index (χ4v) is 3.49. The number of rotatable bonds is 5. The second kappa shape index (κ2) is 7.32. The number of Topliss-reactive ketones (excluding diaryl/α,β-unsaturated/α-hetero) is 1. The van der Waals surface area contributed by atoms with E-state index in [1.165, 1.54) is 13.0 Å². The molecule has 24 heavy (non-hydrogen) atoms. The molecule has 0 aliphatic carbocycles. The summed E-state index contributed by atoms with van der Waals surface area (Å²) in [6, 6.07) is 8.08. The van der Waals surface area contributed by atoms with Crippen LogP contribution in [-0.4, -0.2) is 17.4 Å². The van der Waals surface area contributed by atoms with Crippen molar-refractivity contribution in [3.05, 3.63) is 57.5 Å². The van der Waals surface area contributed by atoms with Crippen molar-refractivity contribution >= 4 is 23.5 Å². The van der Waals surface area contributed by atoms with Gasteiger partial charge in [0.25, 0.3) is 0 Å². The Labute approximate surface area is 143 Å². The standard InChI is InChI=1S/C17H16FN3O2S/c1-9-15(10(2)22)16(11-5-3-4-6-13(11)18)12(7-19)17(21-9)24-8-14(20)23/h3-6,16,21H,8H2,1-2H3,(H2,20,23). The number of hydrogen-bond acceptors (Lipinski definition) is 5. The van der Waals surface area contributed by atoms with Crippen molar-refractivity contribution in [2.45, 2.75) is 19.8 Å². The maximum atomic E-state index is 14.3. The van der Waals surface area contributed by atoms with E-state index in [-0.39, 0.29) is 22.7 Å². The van der Waals surface area contributed by atoms with E-state index in [9.17, 15) is 19.2 Å². The summed E-state index contributed by atoms with van der Waals surface area (Å²) in [5, 5.41) is 13.0. The Morgan fingerprint density at radius 2 is 2.08 bits per heavy atom. The molecule has 0 radical (unpaired) electrons. The summed E-state index contributed by atoms with van der Waals surface area (Å²) in [4.78, 5) is 23.1. The van der Waals surface area contributed by atoms with Crippen LogP contribution in [0.1, 0.15) is 25.3 Å². The highest BCUT2D eigenvalue weighted by Crippen LogP contribution is 2.41. The van der Waals surface area contributed by atoms with E-state index >= 15 is 0 Å².